The number of likely N-dealkylation sites (N-methyl/N-ethyl adjacent to an activating group) is 1. The minimum Gasteiger partial charge on any atom is -0.508 e. The third-order valence-electron chi connectivity index (χ3n) is 4.32. The molecule has 1 atom stereocenters. The first-order valence-corrected chi connectivity index (χ1v) is 8.36. The number of phenols is 2. The van der Waals surface area contributed by atoms with E-state index in [9.17, 15) is 24.6 Å². The van der Waals surface area contributed by atoms with Crippen molar-refractivity contribution in [2.24, 2.45) is 5.73 Å². The minimum absolute atomic E-state index is 0. The highest BCUT2D eigenvalue weighted by Gasteiger charge is 2.29. The summed E-state index contributed by atoms with van der Waals surface area (Å²) in [5.41, 5.74) is 5.10. The monoisotopic (exact) mass is 400 g/mol. The largest absolute Gasteiger partial charge is 0.508 e. The van der Waals surface area contributed by atoms with Gasteiger partial charge in [-0.3, -0.25) is 14.4 Å². The van der Waals surface area contributed by atoms with Crippen molar-refractivity contribution in [1.29, 1.82) is 0 Å². The Morgan fingerprint density at radius 3 is 2.37 bits per heavy atom. The molecule has 1 aromatic carbocycles. The molecule has 2 rings (SSSR count). The van der Waals surface area contributed by atoms with E-state index in [1.807, 2.05) is 7.05 Å². The molecule has 0 spiro atoms. The molecule has 9 nitrogen and oxygen atoms in total. The predicted molar refractivity (Wildman–Crippen MR) is 101 cm³/mol. The number of rotatable bonds is 6. The zero-order valence-electron chi connectivity index (χ0n) is 15.1. The van der Waals surface area contributed by atoms with E-state index in [4.69, 9.17) is 5.73 Å². The molecule has 0 aliphatic carbocycles. The Hall–Kier alpha value is -2.52. The van der Waals surface area contributed by atoms with E-state index in [1.54, 1.807) is 4.90 Å². The standard InChI is InChI=1S/C17H24N4O5.ClH/c1-20-6-8-21(9-7-20)17(26)13(4-5-15(18)24)19-16(25)12-3-2-11(22)10-14(12)23;/h2-3,10,13,22-23H,4-9H2,1H3,(H2,18,24)(H,19,25);1H/t13-;/m0./s1. The molecule has 10 heteroatoms. The Kier molecular flexibility index (Phi) is 8.32. The average molecular weight is 401 g/mol. The van der Waals surface area contributed by atoms with Crippen molar-refractivity contribution in [3.8, 4) is 11.5 Å². The molecule has 150 valence electrons. The lowest BCUT2D eigenvalue weighted by molar-refractivity contribution is -0.135. The number of carbonyl (C=O) groups is 3. The Morgan fingerprint density at radius 2 is 1.81 bits per heavy atom. The number of halogens is 1. The molecule has 1 aliphatic rings. The van der Waals surface area contributed by atoms with Crippen molar-refractivity contribution in [1.82, 2.24) is 15.1 Å². The number of primary amides is 1. The van der Waals surface area contributed by atoms with Gasteiger partial charge in [0.2, 0.25) is 11.8 Å². The summed E-state index contributed by atoms with van der Waals surface area (Å²) in [6.45, 7) is 2.51. The molecule has 0 unspecified atom stereocenters. The van der Waals surface area contributed by atoms with Gasteiger partial charge in [-0.1, -0.05) is 0 Å². The summed E-state index contributed by atoms with van der Waals surface area (Å²) in [7, 11) is 1.96. The molecule has 0 radical (unpaired) electrons. The van der Waals surface area contributed by atoms with Gasteiger partial charge in [-0.25, -0.2) is 0 Å². The molecule has 0 bridgehead atoms. The normalized spacial score (nSPS) is 15.5. The van der Waals surface area contributed by atoms with Crippen molar-refractivity contribution in [3.05, 3.63) is 23.8 Å². The highest BCUT2D eigenvalue weighted by atomic mass is 35.5. The predicted octanol–water partition coefficient (Wildman–Crippen LogP) is -0.342. The minimum atomic E-state index is -0.924. The number of amides is 3. The molecule has 1 heterocycles. The zero-order valence-corrected chi connectivity index (χ0v) is 15.9. The highest BCUT2D eigenvalue weighted by Crippen LogP contribution is 2.22. The quantitative estimate of drug-likeness (QED) is 0.515. The van der Waals surface area contributed by atoms with Gasteiger partial charge in [0.1, 0.15) is 17.5 Å². The molecule has 0 aromatic heterocycles. The number of hydrogen-bond donors (Lipinski definition) is 4. The van der Waals surface area contributed by atoms with Crippen LogP contribution in [-0.2, 0) is 9.59 Å². The van der Waals surface area contributed by atoms with Gasteiger partial charge in [-0.05, 0) is 25.6 Å². The fraction of sp³-hybridized carbons (Fsp3) is 0.471. The number of piperazine rings is 1. The molecule has 1 saturated heterocycles. The maximum absolute atomic E-state index is 12.8. The second-order valence-electron chi connectivity index (χ2n) is 6.36. The first-order chi connectivity index (χ1) is 12.3. The van der Waals surface area contributed by atoms with Crippen LogP contribution in [0.1, 0.15) is 23.2 Å². The van der Waals surface area contributed by atoms with Crippen LogP contribution in [0.2, 0.25) is 0 Å². The van der Waals surface area contributed by atoms with E-state index in [-0.39, 0.29) is 42.5 Å². The molecule has 3 amide bonds. The van der Waals surface area contributed by atoms with Gasteiger partial charge < -0.3 is 31.1 Å². The number of aromatic hydroxyl groups is 2. The van der Waals surface area contributed by atoms with Crippen LogP contribution in [0.25, 0.3) is 0 Å². The molecular formula is C17H25ClN4O5. The number of nitrogens with two attached hydrogens (primary N) is 1. The number of nitrogens with one attached hydrogen (secondary N) is 1. The summed E-state index contributed by atoms with van der Waals surface area (Å²) in [6, 6.07) is 2.63. The molecule has 27 heavy (non-hydrogen) atoms. The summed E-state index contributed by atoms with van der Waals surface area (Å²) in [4.78, 5) is 40.0. The topological polar surface area (TPSA) is 136 Å². The molecule has 5 N–H and O–H groups in total. The Balaban J connectivity index is 0.00000364. The van der Waals surface area contributed by atoms with E-state index < -0.39 is 23.6 Å². The molecule has 1 aromatic rings. The number of nitrogens with zero attached hydrogens (tertiary/aromatic N) is 2. The lowest BCUT2D eigenvalue weighted by atomic mass is 10.1. The van der Waals surface area contributed by atoms with Crippen LogP contribution < -0.4 is 11.1 Å². The second-order valence-corrected chi connectivity index (χ2v) is 6.36. The van der Waals surface area contributed by atoms with Crippen LogP contribution in [0.4, 0.5) is 0 Å². The number of hydrogen-bond acceptors (Lipinski definition) is 6. The van der Waals surface area contributed by atoms with Crippen LogP contribution >= 0.6 is 12.4 Å². The van der Waals surface area contributed by atoms with Gasteiger partial charge in [0.05, 0.1) is 5.56 Å². The second kappa shape index (κ2) is 9.98. The maximum atomic E-state index is 12.8. The van der Waals surface area contributed by atoms with Gasteiger partial charge >= 0.3 is 0 Å². The highest BCUT2D eigenvalue weighted by molar-refractivity contribution is 5.99. The van der Waals surface area contributed by atoms with Crippen molar-refractivity contribution in [2.45, 2.75) is 18.9 Å². The fourth-order valence-corrected chi connectivity index (χ4v) is 2.74. The van der Waals surface area contributed by atoms with E-state index >= 15 is 0 Å². The average Bonchev–Trinajstić information content (AvgIpc) is 2.58. The summed E-state index contributed by atoms with van der Waals surface area (Å²) >= 11 is 0. The van der Waals surface area contributed by atoms with Gasteiger partial charge in [0.25, 0.3) is 5.91 Å². The molecule has 1 aliphatic heterocycles. The Morgan fingerprint density at radius 1 is 1.19 bits per heavy atom. The SMILES string of the molecule is CN1CCN(C(=O)[C@H](CCC(N)=O)NC(=O)c2ccc(O)cc2O)CC1.Cl. The zero-order chi connectivity index (χ0) is 19.3. The number of benzene rings is 1. The van der Waals surface area contributed by atoms with Gasteiger partial charge in [0, 0.05) is 38.7 Å². The number of phenolic OH excluding ortho intramolecular Hbond substituents is 2. The van der Waals surface area contributed by atoms with Crippen molar-refractivity contribution < 1.29 is 24.6 Å². The number of carbonyl (C=O) groups excluding carboxylic acids is 3. The maximum Gasteiger partial charge on any atom is 0.255 e. The summed E-state index contributed by atoms with van der Waals surface area (Å²) in [5.74, 6) is -2.10. The first kappa shape index (κ1) is 22.5. The van der Waals surface area contributed by atoms with Crippen molar-refractivity contribution in [2.75, 3.05) is 33.2 Å². The Labute approximate surface area is 163 Å². The van der Waals surface area contributed by atoms with E-state index in [0.29, 0.717) is 13.1 Å². The van der Waals surface area contributed by atoms with Crippen LogP contribution in [0.3, 0.4) is 0 Å². The van der Waals surface area contributed by atoms with Crippen molar-refractivity contribution in [3.63, 3.8) is 0 Å². The summed E-state index contributed by atoms with van der Waals surface area (Å²) in [5, 5.41) is 21.7. The van der Waals surface area contributed by atoms with E-state index in [2.05, 4.69) is 10.2 Å². The van der Waals surface area contributed by atoms with E-state index in [1.165, 1.54) is 12.1 Å². The lowest BCUT2D eigenvalue weighted by Crippen LogP contribution is -2.54. The molecular weight excluding hydrogens is 376 g/mol. The molecule has 0 saturated carbocycles. The van der Waals surface area contributed by atoms with E-state index in [0.717, 1.165) is 19.2 Å². The lowest BCUT2D eigenvalue weighted by Gasteiger charge is -2.34. The third-order valence-corrected chi connectivity index (χ3v) is 4.32. The smallest absolute Gasteiger partial charge is 0.255 e. The van der Waals surface area contributed by atoms with Crippen LogP contribution in [0, 0.1) is 0 Å². The summed E-state index contributed by atoms with van der Waals surface area (Å²) < 4.78 is 0. The van der Waals surface area contributed by atoms with Gasteiger partial charge in [-0.15, -0.1) is 12.4 Å². The van der Waals surface area contributed by atoms with Crippen LogP contribution in [0.5, 0.6) is 11.5 Å². The summed E-state index contributed by atoms with van der Waals surface area (Å²) in [6.07, 6.45) is 0.0249. The first-order valence-electron chi connectivity index (χ1n) is 8.36. The van der Waals surface area contributed by atoms with Gasteiger partial charge in [0.15, 0.2) is 0 Å². The Bertz CT molecular complexity index is 692. The van der Waals surface area contributed by atoms with Gasteiger partial charge in [-0.2, -0.15) is 0 Å². The molecule has 1 fully saturated rings. The van der Waals surface area contributed by atoms with Crippen LogP contribution in [0.15, 0.2) is 18.2 Å². The fourth-order valence-electron chi connectivity index (χ4n) is 2.74. The van der Waals surface area contributed by atoms with Crippen molar-refractivity contribution >= 4 is 30.1 Å². The third kappa shape index (κ3) is 6.30. The van der Waals surface area contributed by atoms with Crippen LogP contribution in [-0.4, -0.2) is 77.0 Å².